The quantitative estimate of drug-likeness (QED) is 0.689. The highest BCUT2D eigenvalue weighted by Crippen LogP contribution is 2.33. The van der Waals surface area contributed by atoms with Gasteiger partial charge in [0.25, 0.3) is 0 Å². The van der Waals surface area contributed by atoms with Crippen molar-refractivity contribution in [1.29, 1.82) is 0 Å². The molecule has 0 aliphatic carbocycles. The van der Waals surface area contributed by atoms with E-state index < -0.39 is 28.0 Å². The fourth-order valence-electron chi connectivity index (χ4n) is 1.80. The summed E-state index contributed by atoms with van der Waals surface area (Å²) in [6.45, 7) is 1.72. The lowest BCUT2D eigenvalue weighted by atomic mass is 10.1. The number of rotatable bonds is 4. The Bertz CT molecular complexity index is 690. The first kappa shape index (κ1) is 14.9. The maximum absolute atomic E-state index is 13.8. The van der Waals surface area contributed by atoms with E-state index in [1.807, 2.05) is 0 Å². The van der Waals surface area contributed by atoms with Crippen molar-refractivity contribution in [2.24, 2.45) is 5.73 Å². The predicted molar refractivity (Wildman–Crippen MR) is 72.1 cm³/mol. The Kier molecular flexibility index (Phi) is 4.13. The molecule has 0 aliphatic rings. The van der Waals surface area contributed by atoms with Gasteiger partial charge in [-0.15, -0.1) is 0 Å². The lowest BCUT2D eigenvalue weighted by Crippen LogP contribution is -2.06. The second-order valence-electron chi connectivity index (χ2n) is 4.42. The Labute approximate surface area is 119 Å². The van der Waals surface area contributed by atoms with E-state index >= 15 is 0 Å². The van der Waals surface area contributed by atoms with Crippen molar-refractivity contribution in [3.63, 3.8) is 0 Å². The maximum Gasteiger partial charge on any atom is 0.307 e. The van der Waals surface area contributed by atoms with E-state index in [9.17, 15) is 18.9 Å². The van der Waals surface area contributed by atoms with Gasteiger partial charge in [0.2, 0.25) is 5.82 Å². The zero-order chi connectivity index (χ0) is 15.6. The first-order valence-corrected chi connectivity index (χ1v) is 6.06. The Morgan fingerprint density at radius 1 is 1.19 bits per heavy atom. The lowest BCUT2D eigenvalue weighted by Gasteiger charge is -2.13. The van der Waals surface area contributed by atoms with Crippen molar-refractivity contribution in [3.8, 4) is 11.5 Å². The van der Waals surface area contributed by atoms with E-state index in [0.29, 0.717) is 17.7 Å². The van der Waals surface area contributed by atoms with E-state index in [-0.39, 0.29) is 11.8 Å². The summed E-state index contributed by atoms with van der Waals surface area (Å²) < 4.78 is 32.6. The standard InChI is InChI=1S/C14H12F2N2O3/c1-8(17)9-4-2-3-5-13(9)21-14-7-10(15)12(18(19)20)6-11(14)16/h2-8H,17H2,1H3/t8-/m1/s1. The monoisotopic (exact) mass is 294 g/mol. The van der Waals surface area contributed by atoms with Gasteiger partial charge < -0.3 is 10.5 Å². The summed E-state index contributed by atoms with van der Waals surface area (Å²) in [7, 11) is 0. The smallest absolute Gasteiger partial charge is 0.307 e. The van der Waals surface area contributed by atoms with Crippen LogP contribution in [0.15, 0.2) is 36.4 Å². The molecule has 2 aromatic rings. The summed E-state index contributed by atoms with van der Waals surface area (Å²) in [4.78, 5) is 9.53. The molecule has 7 heteroatoms. The highest BCUT2D eigenvalue weighted by Gasteiger charge is 2.20. The minimum atomic E-state index is -1.17. The number of hydrogen-bond donors (Lipinski definition) is 1. The summed E-state index contributed by atoms with van der Waals surface area (Å²) in [5, 5.41) is 10.5. The molecule has 0 fully saturated rings. The number of ether oxygens (including phenoxy) is 1. The van der Waals surface area contributed by atoms with Gasteiger partial charge in [0.15, 0.2) is 11.6 Å². The largest absolute Gasteiger partial charge is 0.454 e. The average molecular weight is 294 g/mol. The molecule has 0 bridgehead atoms. The second-order valence-corrected chi connectivity index (χ2v) is 4.42. The van der Waals surface area contributed by atoms with Crippen LogP contribution in [0.3, 0.4) is 0 Å². The number of nitrogens with zero attached hydrogens (tertiary/aromatic N) is 1. The van der Waals surface area contributed by atoms with Gasteiger partial charge in [0.1, 0.15) is 5.75 Å². The molecule has 2 rings (SSSR count). The summed E-state index contributed by atoms with van der Waals surface area (Å²) >= 11 is 0. The van der Waals surface area contributed by atoms with E-state index in [0.717, 1.165) is 0 Å². The third-order valence-electron chi connectivity index (χ3n) is 2.83. The average Bonchev–Trinajstić information content (AvgIpc) is 2.42. The van der Waals surface area contributed by atoms with Crippen LogP contribution in [0.5, 0.6) is 11.5 Å². The van der Waals surface area contributed by atoms with Crippen molar-refractivity contribution in [2.75, 3.05) is 0 Å². The summed E-state index contributed by atoms with van der Waals surface area (Å²) in [5.41, 5.74) is 5.43. The molecule has 0 radical (unpaired) electrons. The van der Waals surface area contributed by atoms with E-state index in [1.165, 1.54) is 0 Å². The molecule has 0 saturated heterocycles. The molecule has 0 aromatic heterocycles. The van der Waals surface area contributed by atoms with E-state index in [4.69, 9.17) is 10.5 Å². The molecule has 0 unspecified atom stereocenters. The molecule has 2 aromatic carbocycles. The molecule has 0 saturated carbocycles. The Balaban J connectivity index is 2.41. The van der Waals surface area contributed by atoms with Crippen LogP contribution in [-0.4, -0.2) is 4.92 Å². The topological polar surface area (TPSA) is 78.4 Å². The number of benzene rings is 2. The van der Waals surface area contributed by atoms with E-state index in [1.54, 1.807) is 31.2 Å². The fraction of sp³-hybridized carbons (Fsp3) is 0.143. The molecule has 5 nitrogen and oxygen atoms in total. The van der Waals surface area contributed by atoms with Crippen LogP contribution >= 0.6 is 0 Å². The SMILES string of the molecule is C[C@@H](N)c1ccccc1Oc1cc(F)c([N+](=O)[O-])cc1F. The Hall–Kier alpha value is -2.54. The summed E-state index contributed by atoms with van der Waals surface area (Å²) in [6.07, 6.45) is 0. The van der Waals surface area contributed by atoms with E-state index in [2.05, 4.69) is 0 Å². The molecule has 21 heavy (non-hydrogen) atoms. The molecular formula is C14H12F2N2O3. The number of para-hydroxylation sites is 1. The molecule has 1 atom stereocenters. The first-order chi connectivity index (χ1) is 9.90. The van der Waals surface area contributed by atoms with Crippen LogP contribution in [0, 0.1) is 21.7 Å². The number of hydrogen-bond acceptors (Lipinski definition) is 4. The van der Waals surface area contributed by atoms with Crippen LogP contribution in [0.1, 0.15) is 18.5 Å². The van der Waals surface area contributed by atoms with Crippen molar-refractivity contribution in [2.45, 2.75) is 13.0 Å². The third-order valence-corrected chi connectivity index (χ3v) is 2.83. The highest BCUT2D eigenvalue weighted by atomic mass is 19.1. The van der Waals surface area contributed by atoms with Gasteiger partial charge in [-0.3, -0.25) is 10.1 Å². The second kappa shape index (κ2) is 5.84. The molecule has 0 amide bonds. The molecule has 0 aliphatic heterocycles. The van der Waals surface area contributed by atoms with Gasteiger partial charge in [-0.25, -0.2) is 4.39 Å². The number of nitro benzene ring substituents is 1. The Morgan fingerprint density at radius 3 is 2.48 bits per heavy atom. The summed E-state index contributed by atoms with van der Waals surface area (Å²) in [5.74, 6) is -2.37. The van der Waals surface area contributed by atoms with Gasteiger partial charge in [-0.05, 0) is 13.0 Å². The number of halogens is 2. The van der Waals surface area contributed by atoms with Crippen LogP contribution in [-0.2, 0) is 0 Å². The van der Waals surface area contributed by atoms with Crippen molar-refractivity contribution >= 4 is 5.69 Å². The highest BCUT2D eigenvalue weighted by molar-refractivity contribution is 5.44. The van der Waals surface area contributed by atoms with Gasteiger partial charge in [-0.1, -0.05) is 18.2 Å². The van der Waals surface area contributed by atoms with Gasteiger partial charge in [-0.2, -0.15) is 4.39 Å². The predicted octanol–water partition coefficient (Wildman–Crippen LogP) is 3.69. The lowest BCUT2D eigenvalue weighted by molar-refractivity contribution is -0.387. The number of nitro groups is 1. The number of nitrogens with two attached hydrogens (primary N) is 1. The molecule has 110 valence electrons. The normalized spacial score (nSPS) is 12.0. The molecule has 0 spiro atoms. The van der Waals surface area contributed by atoms with Gasteiger partial charge >= 0.3 is 5.69 Å². The third kappa shape index (κ3) is 3.14. The Morgan fingerprint density at radius 2 is 1.86 bits per heavy atom. The maximum atomic E-state index is 13.8. The van der Waals surface area contributed by atoms with Crippen molar-refractivity contribution in [3.05, 3.63) is 63.7 Å². The molecule has 2 N–H and O–H groups in total. The van der Waals surface area contributed by atoms with Crippen molar-refractivity contribution in [1.82, 2.24) is 0 Å². The zero-order valence-corrected chi connectivity index (χ0v) is 11.0. The fourth-order valence-corrected chi connectivity index (χ4v) is 1.80. The molecular weight excluding hydrogens is 282 g/mol. The minimum absolute atomic E-state index is 0.264. The zero-order valence-electron chi connectivity index (χ0n) is 11.0. The van der Waals surface area contributed by atoms with Crippen LogP contribution < -0.4 is 10.5 Å². The first-order valence-electron chi connectivity index (χ1n) is 6.06. The van der Waals surface area contributed by atoms with Crippen molar-refractivity contribution < 1.29 is 18.4 Å². The van der Waals surface area contributed by atoms with Gasteiger partial charge in [0.05, 0.1) is 11.0 Å². The summed E-state index contributed by atoms with van der Waals surface area (Å²) in [6, 6.07) is 7.40. The molecule has 0 heterocycles. The van der Waals surface area contributed by atoms with Crippen LogP contribution in [0.2, 0.25) is 0 Å². The minimum Gasteiger partial charge on any atom is -0.454 e. The van der Waals surface area contributed by atoms with Crippen LogP contribution in [0.25, 0.3) is 0 Å². The van der Waals surface area contributed by atoms with Crippen LogP contribution in [0.4, 0.5) is 14.5 Å². The van der Waals surface area contributed by atoms with Gasteiger partial charge in [0, 0.05) is 17.7 Å².